The van der Waals surface area contributed by atoms with Crippen molar-refractivity contribution in [3.63, 3.8) is 0 Å². The van der Waals surface area contributed by atoms with E-state index in [0.717, 1.165) is 62.5 Å². The van der Waals surface area contributed by atoms with Gasteiger partial charge in [0.15, 0.2) is 5.75 Å². The number of rotatable bonds is 4. The lowest BCUT2D eigenvalue weighted by Gasteiger charge is -2.16. The molecule has 0 saturated heterocycles. The molecule has 0 amide bonds. The molecular weight excluding hydrogens is 657 g/mol. The van der Waals surface area contributed by atoms with Crippen molar-refractivity contribution in [2.45, 2.75) is 71.6 Å². The molecule has 0 atom stereocenters. The SMILES string of the molecule is CCOC(=O)c1c(C#Cc2ccccc2)c2cc3nc(c(OC)c4[nH]c(cc5nc(cc1[nH]2)CC5(C)C)c(C#Cc1ccccc1)c4CC)CC3(C)C. The number of benzene rings is 2. The molecule has 2 N–H and O–H groups in total. The number of aromatic amines is 2. The van der Waals surface area contributed by atoms with E-state index in [4.69, 9.17) is 19.4 Å². The third kappa shape index (κ3) is 6.96. The lowest BCUT2D eigenvalue weighted by atomic mass is 9.86. The minimum absolute atomic E-state index is 0.232. The Balaban J connectivity index is 1.63. The molecule has 0 unspecified atom stereocenters. The number of nitrogens with zero attached hydrogens (tertiary/aromatic N) is 2. The first kappa shape index (κ1) is 35.4. The first-order valence-electron chi connectivity index (χ1n) is 18.2. The molecule has 8 bridgehead atoms. The van der Waals surface area contributed by atoms with Gasteiger partial charge in [0.05, 0.1) is 52.6 Å². The Morgan fingerprint density at radius 3 is 1.92 bits per heavy atom. The summed E-state index contributed by atoms with van der Waals surface area (Å²) in [6, 6.07) is 25.9. The molecule has 2 aromatic carbocycles. The van der Waals surface area contributed by atoms with E-state index in [0.29, 0.717) is 40.8 Å². The summed E-state index contributed by atoms with van der Waals surface area (Å²) in [6.45, 7) is 12.9. The van der Waals surface area contributed by atoms with E-state index in [2.05, 4.69) is 74.3 Å². The van der Waals surface area contributed by atoms with E-state index in [9.17, 15) is 4.79 Å². The Hall–Kier alpha value is -6.05. The van der Waals surface area contributed by atoms with E-state index in [-0.39, 0.29) is 17.4 Å². The number of hydrogen-bond donors (Lipinski definition) is 2. The van der Waals surface area contributed by atoms with Crippen LogP contribution in [0.5, 0.6) is 5.75 Å². The van der Waals surface area contributed by atoms with Crippen molar-refractivity contribution in [2.75, 3.05) is 13.7 Å². The average Bonchev–Trinajstić information content (AvgIpc) is 3.83. The zero-order chi connectivity index (χ0) is 37.3. The van der Waals surface area contributed by atoms with Gasteiger partial charge in [-0.25, -0.2) is 4.79 Å². The van der Waals surface area contributed by atoms with Crippen LogP contribution in [0.3, 0.4) is 0 Å². The fourth-order valence-electron chi connectivity index (χ4n) is 7.18. The van der Waals surface area contributed by atoms with E-state index < -0.39 is 5.97 Å². The molecule has 0 aliphatic carbocycles. The summed E-state index contributed by atoms with van der Waals surface area (Å²) in [6.07, 6.45) is 2.04. The summed E-state index contributed by atoms with van der Waals surface area (Å²) >= 11 is 0. The predicted octanol–water partition coefficient (Wildman–Crippen LogP) is 8.90. The van der Waals surface area contributed by atoms with Crippen molar-refractivity contribution in [3.05, 3.63) is 135 Å². The molecule has 0 spiro atoms. The fraction of sp³-hybridized carbons (Fsp3) is 0.283. The number of carbonyl (C=O) groups is 1. The number of fused-ring (bicyclic) bond motifs is 8. The molecule has 266 valence electrons. The Bertz CT molecular complexity index is 2520. The van der Waals surface area contributed by atoms with Crippen LogP contribution >= 0.6 is 0 Å². The van der Waals surface area contributed by atoms with Crippen molar-refractivity contribution in [1.82, 2.24) is 19.9 Å². The minimum atomic E-state index is -0.444. The van der Waals surface area contributed by atoms with Crippen molar-refractivity contribution in [3.8, 4) is 29.4 Å². The molecule has 7 heteroatoms. The van der Waals surface area contributed by atoms with E-state index >= 15 is 0 Å². The number of methoxy groups -OCH3 is 1. The van der Waals surface area contributed by atoms with Crippen LogP contribution in [0.25, 0.3) is 22.1 Å². The first-order valence-corrected chi connectivity index (χ1v) is 18.2. The minimum Gasteiger partial charge on any atom is -0.493 e. The van der Waals surface area contributed by atoms with E-state index in [1.54, 1.807) is 7.11 Å². The molecule has 7 rings (SSSR count). The molecule has 5 aromatic rings. The smallest absolute Gasteiger partial charge is 0.341 e. The number of carbonyl (C=O) groups excluding carboxylic acids is 1. The van der Waals surface area contributed by atoms with Gasteiger partial charge in [0.2, 0.25) is 0 Å². The molecule has 0 saturated carbocycles. The molecule has 5 heterocycles. The van der Waals surface area contributed by atoms with Crippen LogP contribution < -0.4 is 4.74 Å². The van der Waals surface area contributed by atoms with Crippen LogP contribution in [-0.4, -0.2) is 39.6 Å². The molecule has 2 aliphatic heterocycles. The normalized spacial score (nSPS) is 14.0. The Labute approximate surface area is 311 Å². The van der Waals surface area contributed by atoms with Gasteiger partial charge in [-0.15, -0.1) is 0 Å². The van der Waals surface area contributed by atoms with Crippen LogP contribution in [0, 0.1) is 23.7 Å². The van der Waals surface area contributed by atoms with Gasteiger partial charge in [-0.2, -0.15) is 0 Å². The number of aryl methyl sites for hydroxylation is 1. The van der Waals surface area contributed by atoms with Crippen molar-refractivity contribution in [1.29, 1.82) is 0 Å². The standard InChI is InChI=1S/C46H44N4O3/c1-8-32-33(22-20-29-16-12-10-13-17-29)35-25-39-45(3,4)27-31(47-39)24-37-41(44(51)53-9-2)34(23-21-30-18-14-11-15-19-30)36(48-37)26-40-46(5,6)28-38(49-40)43(52-7)42(32)50-35/h10-19,24-26,48,50H,8-9,27-28H2,1-7H3. The van der Waals surface area contributed by atoms with Crippen LogP contribution in [0.2, 0.25) is 0 Å². The summed E-state index contributed by atoms with van der Waals surface area (Å²) in [5.74, 6) is 13.8. The van der Waals surface area contributed by atoms with Gasteiger partial charge in [-0.05, 0) is 61.4 Å². The molecule has 0 radical (unpaired) electrons. The quantitative estimate of drug-likeness (QED) is 0.144. The molecule has 7 nitrogen and oxygen atoms in total. The van der Waals surface area contributed by atoms with E-state index in [1.807, 2.05) is 79.7 Å². The lowest BCUT2D eigenvalue weighted by molar-refractivity contribution is 0.0528. The zero-order valence-corrected chi connectivity index (χ0v) is 31.5. The maximum Gasteiger partial charge on any atom is 0.341 e. The molecule has 53 heavy (non-hydrogen) atoms. The van der Waals surface area contributed by atoms with E-state index in [1.165, 1.54) is 0 Å². The molecular formula is C46H44N4O3. The summed E-state index contributed by atoms with van der Waals surface area (Å²) < 4.78 is 11.9. The molecule has 0 fully saturated rings. The second-order valence-corrected chi connectivity index (χ2v) is 14.8. The highest BCUT2D eigenvalue weighted by Gasteiger charge is 2.33. The maximum absolute atomic E-state index is 13.8. The van der Waals surface area contributed by atoms with Crippen LogP contribution in [-0.2, 0) is 34.8 Å². The predicted molar refractivity (Wildman–Crippen MR) is 211 cm³/mol. The number of hydrogen-bond acceptors (Lipinski definition) is 5. The zero-order valence-electron chi connectivity index (χ0n) is 31.5. The maximum atomic E-state index is 13.8. The second kappa shape index (κ2) is 14.2. The number of nitrogens with one attached hydrogen (secondary N) is 2. The van der Waals surface area contributed by atoms with Gasteiger partial charge in [-0.1, -0.05) is 94.7 Å². The number of aromatic nitrogens is 4. The van der Waals surface area contributed by atoms with Crippen molar-refractivity contribution >= 4 is 28.0 Å². The van der Waals surface area contributed by atoms with Crippen LogP contribution in [0.4, 0.5) is 0 Å². The largest absolute Gasteiger partial charge is 0.493 e. The summed E-state index contributed by atoms with van der Waals surface area (Å²) in [7, 11) is 1.70. The van der Waals surface area contributed by atoms with Crippen LogP contribution in [0.1, 0.15) is 102 Å². The summed E-state index contributed by atoms with van der Waals surface area (Å²) in [5, 5.41) is 0. The topological polar surface area (TPSA) is 92.9 Å². The monoisotopic (exact) mass is 700 g/mol. The number of esters is 1. The Morgan fingerprint density at radius 1 is 0.736 bits per heavy atom. The van der Waals surface area contributed by atoms with Crippen molar-refractivity contribution in [2.24, 2.45) is 0 Å². The second-order valence-electron chi connectivity index (χ2n) is 14.8. The van der Waals surface area contributed by atoms with Gasteiger partial charge in [-0.3, -0.25) is 9.97 Å². The number of H-pyrrole nitrogens is 2. The fourth-order valence-corrected chi connectivity index (χ4v) is 7.18. The van der Waals surface area contributed by atoms with Gasteiger partial charge < -0.3 is 19.4 Å². The molecule has 2 aliphatic rings. The highest BCUT2D eigenvalue weighted by Crippen LogP contribution is 2.39. The Morgan fingerprint density at radius 2 is 1.32 bits per heavy atom. The lowest BCUT2D eigenvalue weighted by Crippen LogP contribution is -2.15. The third-order valence-electron chi connectivity index (χ3n) is 9.94. The summed E-state index contributed by atoms with van der Waals surface area (Å²) in [5.41, 5.74) is 10.5. The van der Waals surface area contributed by atoms with Gasteiger partial charge in [0.25, 0.3) is 0 Å². The Kier molecular flexibility index (Phi) is 9.45. The van der Waals surface area contributed by atoms with Crippen molar-refractivity contribution < 1.29 is 14.3 Å². The highest BCUT2D eigenvalue weighted by molar-refractivity contribution is 6.03. The highest BCUT2D eigenvalue weighted by atomic mass is 16.5. The average molecular weight is 701 g/mol. The van der Waals surface area contributed by atoms with Crippen LogP contribution in [0.15, 0.2) is 78.9 Å². The van der Waals surface area contributed by atoms with Gasteiger partial charge in [0.1, 0.15) is 5.56 Å². The van der Waals surface area contributed by atoms with Gasteiger partial charge in [0, 0.05) is 51.9 Å². The summed E-state index contributed by atoms with van der Waals surface area (Å²) in [4.78, 5) is 31.5. The third-order valence-corrected chi connectivity index (χ3v) is 9.94. The molecule has 3 aromatic heterocycles. The number of ether oxygens (including phenoxy) is 2. The first-order chi connectivity index (χ1) is 25.5. The van der Waals surface area contributed by atoms with Gasteiger partial charge >= 0.3 is 5.97 Å².